The predicted molar refractivity (Wildman–Crippen MR) is 90.5 cm³/mol. The smallest absolute Gasteiger partial charge is 0.332 e. The van der Waals surface area contributed by atoms with Gasteiger partial charge in [0.15, 0.2) is 17.6 Å². The molecule has 1 aromatic carbocycles. The number of carbonyl (C=O) groups is 2. The highest BCUT2D eigenvalue weighted by atomic mass is 16.7. The number of carbonyl (C=O) groups excluding carboxylic acids is 1. The Morgan fingerprint density at radius 2 is 1.88 bits per heavy atom. The summed E-state index contributed by atoms with van der Waals surface area (Å²) in [6.07, 6.45) is -0.518. The van der Waals surface area contributed by atoms with Crippen LogP contribution >= 0.6 is 0 Å². The van der Waals surface area contributed by atoms with Crippen LogP contribution in [0.15, 0.2) is 24.3 Å². The molecule has 2 rings (SSSR count). The van der Waals surface area contributed by atoms with E-state index in [-0.39, 0.29) is 24.7 Å². The number of ether oxygens (including phenoxy) is 3. The lowest BCUT2D eigenvalue weighted by Gasteiger charge is -2.29. The maximum atomic E-state index is 12.3. The van der Waals surface area contributed by atoms with Gasteiger partial charge in [-0.3, -0.25) is 9.69 Å². The van der Waals surface area contributed by atoms with Crippen LogP contribution in [0.3, 0.4) is 0 Å². The Morgan fingerprint density at radius 3 is 2.36 bits per heavy atom. The zero-order valence-corrected chi connectivity index (χ0v) is 15.0. The molecule has 1 heterocycles. The van der Waals surface area contributed by atoms with Gasteiger partial charge in [-0.15, -0.1) is 0 Å². The van der Waals surface area contributed by atoms with Crippen molar-refractivity contribution in [3.8, 4) is 5.75 Å². The molecule has 7 nitrogen and oxygen atoms in total. The van der Waals surface area contributed by atoms with Crippen LogP contribution in [0, 0.1) is 0 Å². The number of hydrogen-bond donors (Lipinski definition) is 1. The molecular formula is C18H25NO6. The van der Waals surface area contributed by atoms with E-state index in [1.165, 1.54) is 0 Å². The van der Waals surface area contributed by atoms with Gasteiger partial charge in [0.05, 0.1) is 0 Å². The molecule has 0 radical (unpaired) electrons. The molecule has 0 bridgehead atoms. The van der Waals surface area contributed by atoms with Crippen molar-refractivity contribution in [1.82, 2.24) is 4.90 Å². The predicted octanol–water partition coefficient (Wildman–Crippen LogP) is 1.86. The molecule has 1 aromatic rings. The van der Waals surface area contributed by atoms with Gasteiger partial charge in [0, 0.05) is 39.2 Å². The number of rotatable bonds is 8. The van der Waals surface area contributed by atoms with Crippen LogP contribution < -0.4 is 4.74 Å². The first-order chi connectivity index (χ1) is 11.9. The van der Waals surface area contributed by atoms with Crippen LogP contribution in [-0.4, -0.2) is 61.2 Å². The Labute approximate surface area is 147 Å². The Bertz CT molecular complexity index is 612. The molecule has 1 aliphatic rings. The van der Waals surface area contributed by atoms with Gasteiger partial charge >= 0.3 is 5.97 Å². The number of likely N-dealkylation sites (N-methyl/N-ethyl adjacent to an activating group) is 1. The van der Waals surface area contributed by atoms with Crippen molar-refractivity contribution in [2.75, 3.05) is 27.8 Å². The van der Waals surface area contributed by atoms with E-state index in [4.69, 9.17) is 14.2 Å². The minimum atomic E-state index is -1.50. The van der Waals surface area contributed by atoms with E-state index in [0.717, 1.165) is 5.56 Å². The highest BCUT2D eigenvalue weighted by Gasteiger charge is 2.55. The van der Waals surface area contributed by atoms with Gasteiger partial charge in [0.2, 0.25) is 0 Å². The van der Waals surface area contributed by atoms with Gasteiger partial charge in [-0.25, -0.2) is 4.79 Å². The van der Waals surface area contributed by atoms with Crippen molar-refractivity contribution in [1.29, 1.82) is 0 Å². The molecule has 138 valence electrons. The first kappa shape index (κ1) is 19.4. The topological polar surface area (TPSA) is 85.3 Å². The second-order valence-electron chi connectivity index (χ2n) is 6.14. The van der Waals surface area contributed by atoms with Crippen LogP contribution in [0.4, 0.5) is 0 Å². The van der Waals surface area contributed by atoms with Crippen LogP contribution in [0.1, 0.15) is 31.6 Å². The maximum Gasteiger partial charge on any atom is 0.332 e. The fourth-order valence-corrected chi connectivity index (χ4v) is 3.34. The minimum absolute atomic E-state index is 0.131. The molecule has 25 heavy (non-hydrogen) atoms. The summed E-state index contributed by atoms with van der Waals surface area (Å²) in [5.41, 5.74) is -0.654. The van der Waals surface area contributed by atoms with E-state index < -0.39 is 17.8 Å². The van der Waals surface area contributed by atoms with Gasteiger partial charge in [0.25, 0.3) is 0 Å². The molecular weight excluding hydrogens is 326 g/mol. The van der Waals surface area contributed by atoms with Crippen molar-refractivity contribution in [3.63, 3.8) is 0 Å². The van der Waals surface area contributed by atoms with Crippen molar-refractivity contribution in [3.05, 3.63) is 29.8 Å². The number of aliphatic carboxylic acids is 1. The van der Waals surface area contributed by atoms with Gasteiger partial charge in [-0.2, -0.15) is 0 Å². The van der Waals surface area contributed by atoms with Crippen LogP contribution in [0.25, 0.3) is 0 Å². The second-order valence-corrected chi connectivity index (χ2v) is 6.14. The fourth-order valence-electron chi connectivity index (χ4n) is 3.34. The normalized spacial score (nSPS) is 23.8. The Hall–Kier alpha value is -1.96. The number of hydrogen-bond acceptors (Lipinski definition) is 6. The summed E-state index contributed by atoms with van der Waals surface area (Å²) in [5, 5.41) is 9.63. The van der Waals surface area contributed by atoms with E-state index in [9.17, 15) is 14.7 Å². The molecule has 0 spiro atoms. The van der Waals surface area contributed by atoms with E-state index in [1.807, 2.05) is 12.1 Å². The second kappa shape index (κ2) is 7.95. The Morgan fingerprint density at radius 1 is 1.28 bits per heavy atom. The number of likely N-dealkylation sites (tertiary alicyclic amines) is 1. The molecule has 1 unspecified atom stereocenters. The summed E-state index contributed by atoms with van der Waals surface area (Å²) in [4.78, 5) is 25.6. The zero-order valence-electron chi connectivity index (χ0n) is 15.0. The van der Waals surface area contributed by atoms with Gasteiger partial charge in [0.1, 0.15) is 11.9 Å². The first-order valence-corrected chi connectivity index (χ1v) is 8.19. The first-order valence-electron chi connectivity index (χ1n) is 8.19. The molecule has 1 fully saturated rings. The number of carboxylic acid groups (broad SMARTS) is 1. The van der Waals surface area contributed by atoms with Crippen molar-refractivity contribution >= 4 is 11.8 Å². The van der Waals surface area contributed by atoms with Crippen molar-refractivity contribution < 1.29 is 28.9 Å². The van der Waals surface area contributed by atoms with Gasteiger partial charge < -0.3 is 19.3 Å². The lowest BCUT2D eigenvalue weighted by Crippen LogP contribution is -2.54. The van der Waals surface area contributed by atoms with Crippen LogP contribution in [0.2, 0.25) is 0 Å². The summed E-state index contributed by atoms with van der Waals surface area (Å²) in [6, 6.07) is 7.21. The van der Waals surface area contributed by atoms with Crippen LogP contribution in [-0.2, 0) is 19.1 Å². The third-order valence-electron chi connectivity index (χ3n) is 4.67. The van der Waals surface area contributed by atoms with Gasteiger partial charge in [-0.1, -0.05) is 19.1 Å². The molecule has 1 saturated heterocycles. The monoisotopic (exact) mass is 351 g/mol. The Balaban J connectivity index is 2.12. The average molecular weight is 351 g/mol. The highest BCUT2D eigenvalue weighted by molar-refractivity contribution is 6.08. The van der Waals surface area contributed by atoms with E-state index in [0.29, 0.717) is 12.3 Å². The lowest BCUT2D eigenvalue weighted by molar-refractivity contribution is -0.155. The highest BCUT2D eigenvalue weighted by Crippen LogP contribution is 2.33. The number of ketones is 1. The zero-order chi connectivity index (χ0) is 18.6. The molecule has 0 amide bonds. The largest absolute Gasteiger partial charge is 0.489 e. The SMILES string of the molecule is CCC(=O)[C@@]1(C(=O)O)CC(Oc2ccc(C(OC)OC)cc2)CN1C. The third kappa shape index (κ3) is 3.68. The van der Waals surface area contributed by atoms with Crippen LogP contribution in [0.5, 0.6) is 5.75 Å². The maximum absolute atomic E-state index is 12.3. The minimum Gasteiger partial charge on any atom is -0.489 e. The molecule has 0 aliphatic carbocycles. The summed E-state index contributed by atoms with van der Waals surface area (Å²) < 4.78 is 16.3. The number of Topliss-reactive ketones (excluding diaryl/α,β-unsaturated/α-hetero) is 1. The number of nitrogens with zero attached hydrogens (tertiary/aromatic N) is 1. The van der Waals surface area contributed by atoms with E-state index in [2.05, 4.69) is 0 Å². The van der Waals surface area contributed by atoms with E-state index in [1.54, 1.807) is 45.2 Å². The molecule has 7 heteroatoms. The molecule has 0 saturated carbocycles. The van der Waals surface area contributed by atoms with Crippen molar-refractivity contribution in [2.24, 2.45) is 0 Å². The summed E-state index contributed by atoms with van der Waals surface area (Å²) in [7, 11) is 4.77. The third-order valence-corrected chi connectivity index (χ3v) is 4.67. The number of carboxylic acids is 1. The molecule has 0 aromatic heterocycles. The summed E-state index contributed by atoms with van der Waals surface area (Å²) in [6.45, 7) is 2.05. The molecule has 1 N–H and O–H groups in total. The fraction of sp³-hybridized carbons (Fsp3) is 0.556. The average Bonchev–Trinajstić information content (AvgIpc) is 2.94. The van der Waals surface area contributed by atoms with E-state index >= 15 is 0 Å². The van der Waals surface area contributed by atoms with Gasteiger partial charge in [-0.05, 0) is 19.2 Å². The summed E-state index contributed by atoms with van der Waals surface area (Å²) >= 11 is 0. The molecule has 2 atom stereocenters. The van der Waals surface area contributed by atoms with Crippen molar-refractivity contribution in [2.45, 2.75) is 37.7 Å². The number of benzene rings is 1. The molecule has 1 aliphatic heterocycles. The number of methoxy groups -OCH3 is 2. The quantitative estimate of drug-likeness (QED) is 0.565. The Kier molecular flexibility index (Phi) is 6.16. The lowest BCUT2D eigenvalue weighted by atomic mass is 9.89. The summed E-state index contributed by atoms with van der Waals surface area (Å²) in [5.74, 6) is -0.809. The standard InChI is InChI=1S/C18H25NO6/c1-5-15(20)18(17(21)22)10-14(11-19(18)2)25-13-8-6-12(7-9-13)16(23-3)24-4/h6-9,14,16H,5,10-11H2,1-4H3,(H,21,22)/t14?,18-/m1/s1.